The first-order valence-corrected chi connectivity index (χ1v) is 14.9. The molecule has 226 valence electrons. The summed E-state index contributed by atoms with van der Waals surface area (Å²) in [5.41, 5.74) is 3.57. The summed E-state index contributed by atoms with van der Waals surface area (Å²) in [5.74, 6) is 0.680. The lowest BCUT2D eigenvalue weighted by Crippen LogP contribution is -2.44. The van der Waals surface area contributed by atoms with E-state index >= 15 is 4.79 Å². The van der Waals surface area contributed by atoms with Crippen LogP contribution in [0, 0.1) is 0 Å². The van der Waals surface area contributed by atoms with Crippen LogP contribution in [0.5, 0.6) is 11.5 Å². The number of para-hydroxylation sites is 1. The van der Waals surface area contributed by atoms with E-state index < -0.39 is 5.41 Å². The number of phenols is 1. The zero-order chi connectivity index (χ0) is 31.0. The maximum absolute atomic E-state index is 15.2. The van der Waals surface area contributed by atoms with Gasteiger partial charge in [0.25, 0.3) is 0 Å². The Morgan fingerprint density at radius 2 is 1.33 bits per heavy atom. The number of phenolic OH excluding ortho intramolecular Hbond substituents is 1. The molecule has 1 N–H and O–H groups in total. The Labute approximate surface area is 252 Å². The summed E-state index contributed by atoms with van der Waals surface area (Å²) in [4.78, 5) is 21.3. The highest BCUT2D eigenvalue weighted by Crippen LogP contribution is 2.55. The predicted molar refractivity (Wildman–Crippen MR) is 173 cm³/mol. The van der Waals surface area contributed by atoms with Crippen LogP contribution in [0.15, 0.2) is 60.7 Å². The summed E-state index contributed by atoms with van der Waals surface area (Å²) < 4.78 is 6.51. The van der Waals surface area contributed by atoms with E-state index in [1.165, 1.54) is 0 Å². The number of nitrogens with zero attached hydrogens (tertiary/aromatic N) is 3. The van der Waals surface area contributed by atoms with Crippen LogP contribution in [0.2, 0.25) is 0 Å². The SMILES string of the molecule is CN(C)CCOc1ccc(C(C)(C)C)cc1C1(c2cc(C(C)(C)C)ccc2O)C(=O)N(CCN(C)C)c2ccccc21. The van der Waals surface area contributed by atoms with Crippen molar-refractivity contribution in [3.05, 3.63) is 88.5 Å². The Morgan fingerprint density at radius 1 is 0.762 bits per heavy atom. The van der Waals surface area contributed by atoms with Gasteiger partial charge in [-0.25, -0.2) is 0 Å². The van der Waals surface area contributed by atoms with E-state index in [0.29, 0.717) is 31.0 Å². The molecule has 1 aliphatic heterocycles. The number of anilines is 1. The van der Waals surface area contributed by atoms with Crippen molar-refractivity contribution in [2.24, 2.45) is 0 Å². The van der Waals surface area contributed by atoms with Gasteiger partial charge >= 0.3 is 0 Å². The maximum Gasteiger partial charge on any atom is 0.247 e. The molecule has 42 heavy (non-hydrogen) atoms. The highest BCUT2D eigenvalue weighted by molar-refractivity contribution is 6.13. The summed E-state index contributed by atoms with van der Waals surface area (Å²) >= 11 is 0. The second kappa shape index (κ2) is 11.7. The molecule has 0 fully saturated rings. The summed E-state index contributed by atoms with van der Waals surface area (Å²) in [6, 6.07) is 20.0. The Morgan fingerprint density at radius 3 is 1.93 bits per heavy atom. The molecule has 1 amide bonds. The minimum absolute atomic E-state index is 0.0737. The third kappa shape index (κ3) is 5.93. The fourth-order valence-electron chi connectivity index (χ4n) is 5.70. The first kappa shape index (κ1) is 31.6. The van der Waals surface area contributed by atoms with Gasteiger partial charge in [0.1, 0.15) is 23.5 Å². The lowest BCUT2D eigenvalue weighted by Gasteiger charge is -2.35. The smallest absolute Gasteiger partial charge is 0.247 e. The molecule has 3 aromatic carbocycles. The van der Waals surface area contributed by atoms with Gasteiger partial charge in [0.2, 0.25) is 5.91 Å². The predicted octanol–water partition coefficient (Wildman–Crippen LogP) is 6.17. The van der Waals surface area contributed by atoms with Crippen LogP contribution in [-0.4, -0.2) is 75.2 Å². The Bertz CT molecular complexity index is 1430. The van der Waals surface area contributed by atoms with Gasteiger partial charge in [-0.15, -0.1) is 0 Å². The average molecular weight is 572 g/mol. The Hall–Kier alpha value is -3.35. The molecule has 0 aromatic heterocycles. The molecule has 0 radical (unpaired) electrons. The van der Waals surface area contributed by atoms with Crippen LogP contribution >= 0.6 is 0 Å². The Kier molecular flexibility index (Phi) is 8.82. The molecule has 1 unspecified atom stereocenters. The van der Waals surface area contributed by atoms with Crippen molar-refractivity contribution in [1.82, 2.24) is 9.80 Å². The normalized spacial score (nSPS) is 17.3. The number of ether oxygens (including phenoxy) is 1. The summed E-state index contributed by atoms with van der Waals surface area (Å²) in [6.07, 6.45) is 0. The van der Waals surface area contributed by atoms with Crippen molar-refractivity contribution in [2.45, 2.75) is 57.8 Å². The number of hydrogen-bond acceptors (Lipinski definition) is 5. The summed E-state index contributed by atoms with van der Waals surface area (Å²) in [5, 5.41) is 11.7. The zero-order valence-corrected chi connectivity index (χ0v) is 27.2. The van der Waals surface area contributed by atoms with Crippen molar-refractivity contribution < 1.29 is 14.6 Å². The molecular formula is C36H49N3O3. The van der Waals surface area contributed by atoms with Crippen molar-refractivity contribution in [3.63, 3.8) is 0 Å². The van der Waals surface area contributed by atoms with Gasteiger partial charge in [0.05, 0.1) is 0 Å². The molecule has 1 heterocycles. The second-order valence-electron chi connectivity index (χ2n) is 14.1. The minimum Gasteiger partial charge on any atom is -0.508 e. The van der Waals surface area contributed by atoms with E-state index in [4.69, 9.17) is 4.74 Å². The van der Waals surface area contributed by atoms with Crippen molar-refractivity contribution in [1.29, 1.82) is 0 Å². The van der Waals surface area contributed by atoms with Gasteiger partial charge < -0.3 is 24.5 Å². The van der Waals surface area contributed by atoms with E-state index in [9.17, 15) is 5.11 Å². The van der Waals surface area contributed by atoms with Crippen LogP contribution in [0.4, 0.5) is 5.69 Å². The summed E-state index contributed by atoms with van der Waals surface area (Å²) in [6.45, 7) is 15.4. The standard InChI is InChI=1S/C36H49N3O3/c1-34(2,3)25-15-17-31(40)28(23-25)36(27-13-11-12-14-30(27)39(33(36)41)20-19-37(7)8)29-24-26(35(4,5)6)16-18-32(29)42-22-21-38(9)10/h11-18,23-24,40H,19-22H2,1-10H3. The van der Waals surface area contributed by atoms with Crippen LogP contribution < -0.4 is 9.64 Å². The van der Waals surface area contributed by atoms with Gasteiger partial charge in [-0.3, -0.25) is 4.79 Å². The molecule has 0 saturated carbocycles. The van der Waals surface area contributed by atoms with E-state index in [0.717, 1.165) is 34.5 Å². The van der Waals surface area contributed by atoms with Gasteiger partial charge in [0, 0.05) is 42.0 Å². The third-order valence-corrected chi connectivity index (χ3v) is 8.25. The van der Waals surface area contributed by atoms with E-state index in [1.54, 1.807) is 6.07 Å². The molecule has 1 atom stereocenters. The maximum atomic E-state index is 15.2. The van der Waals surface area contributed by atoms with E-state index in [2.05, 4.69) is 63.5 Å². The highest BCUT2D eigenvalue weighted by Gasteiger charge is 2.56. The van der Waals surface area contributed by atoms with Gasteiger partial charge in [-0.05, 0) is 80.5 Å². The Balaban J connectivity index is 2.13. The van der Waals surface area contributed by atoms with Crippen LogP contribution in [0.3, 0.4) is 0 Å². The number of carbonyl (C=O) groups is 1. The molecule has 3 aromatic rings. The topological polar surface area (TPSA) is 56.3 Å². The van der Waals surface area contributed by atoms with Crippen LogP contribution in [-0.2, 0) is 21.0 Å². The van der Waals surface area contributed by atoms with E-state index in [-0.39, 0.29) is 22.5 Å². The van der Waals surface area contributed by atoms with Crippen molar-refractivity contribution in [3.8, 4) is 11.5 Å². The zero-order valence-electron chi connectivity index (χ0n) is 27.2. The number of hydrogen-bond donors (Lipinski definition) is 1. The number of amides is 1. The molecule has 0 aliphatic carbocycles. The number of rotatable bonds is 9. The first-order chi connectivity index (χ1) is 19.6. The lowest BCUT2D eigenvalue weighted by atomic mass is 9.67. The molecule has 0 saturated heterocycles. The lowest BCUT2D eigenvalue weighted by molar-refractivity contribution is -0.120. The van der Waals surface area contributed by atoms with Gasteiger partial charge in [0.15, 0.2) is 0 Å². The van der Waals surface area contributed by atoms with E-state index in [1.807, 2.05) is 75.6 Å². The number of likely N-dealkylation sites (N-methyl/N-ethyl adjacent to an activating group) is 2. The highest BCUT2D eigenvalue weighted by atomic mass is 16.5. The molecular weight excluding hydrogens is 522 g/mol. The molecule has 0 spiro atoms. The number of fused-ring (bicyclic) bond motifs is 1. The molecule has 1 aliphatic rings. The second-order valence-corrected chi connectivity index (χ2v) is 14.1. The molecule has 0 bridgehead atoms. The third-order valence-electron chi connectivity index (χ3n) is 8.25. The van der Waals surface area contributed by atoms with Crippen LogP contribution in [0.1, 0.15) is 69.4 Å². The molecule has 6 nitrogen and oxygen atoms in total. The van der Waals surface area contributed by atoms with Crippen molar-refractivity contribution in [2.75, 3.05) is 59.3 Å². The monoisotopic (exact) mass is 571 g/mol. The average Bonchev–Trinajstić information content (AvgIpc) is 3.14. The quantitative estimate of drug-likeness (QED) is 0.333. The summed E-state index contributed by atoms with van der Waals surface area (Å²) in [7, 11) is 8.07. The minimum atomic E-state index is -1.30. The van der Waals surface area contributed by atoms with Crippen LogP contribution in [0.25, 0.3) is 0 Å². The van der Waals surface area contributed by atoms with Crippen molar-refractivity contribution >= 4 is 11.6 Å². The van der Waals surface area contributed by atoms with Gasteiger partial charge in [-0.1, -0.05) is 71.9 Å². The largest absolute Gasteiger partial charge is 0.508 e. The number of benzene rings is 3. The molecule has 6 heteroatoms. The fourth-order valence-corrected chi connectivity index (χ4v) is 5.70. The number of carbonyl (C=O) groups excluding carboxylic acids is 1. The molecule has 4 rings (SSSR count). The first-order valence-electron chi connectivity index (χ1n) is 14.9. The van der Waals surface area contributed by atoms with Gasteiger partial charge in [-0.2, -0.15) is 0 Å². The fraction of sp³-hybridized carbons (Fsp3) is 0.472. The number of aromatic hydroxyl groups is 1.